The Hall–Kier alpha value is -0.710. The smallest absolute Gasteiger partial charge is 0.240 e. The van der Waals surface area contributed by atoms with Crippen LogP contribution in [0.15, 0.2) is 0 Å². The Morgan fingerprint density at radius 1 is 1.43 bits per heavy atom. The molecule has 5 heteroatoms. The number of hydrogen-bond acceptors (Lipinski definition) is 3. The van der Waals surface area contributed by atoms with Crippen molar-refractivity contribution in [2.45, 2.75) is 38.6 Å². The molecule has 0 fully saturated rings. The maximum Gasteiger partial charge on any atom is 0.240 e. The lowest BCUT2D eigenvalue weighted by atomic mass is 10.2. The van der Waals surface area contributed by atoms with E-state index in [1.54, 1.807) is 0 Å². The first kappa shape index (κ1) is 13.3. The summed E-state index contributed by atoms with van der Waals surface area (Å²) in [5, 5.41) is 2.54. The maximum absolute atomic E-state index is 11.2. The Kier molecular flexibility index (Phi) is 7.28. The molecule has 0 unspecified atom stereocenters. The van der Waals surface area contributed by atoms with Crippen molar-refractivity contribution in [1.29, 1.82) is 0 Å². The van der Waals surface area contributed by atoms with Crippen molar-refractivity contribution in [2.75, 3.05) is 5.75 Å². The molecule has 14 heavy (non-hydrogen) atoms. The van der Waals surface area contributed by atoms with Crippen LogP contribution in [0.2, 0.25) is 0 Å². The average Bonchev–Trinajstić information content (AvgIpc) is 2.14. The van der Waals surface area contributed by atoms with E-state index in [1.165, 1.54) is 0 Å². The lowest BCUT2D eigenvalue weighted by Crippen LogP contribution is -2.45. The summed E-state index contributed by atoms with van der Waals surface area (Å²) in [4.78, 5) is 22.0. The number of hydrogen-bond donors (Lipinski definition) is 3. The van der Waals surface area contributed by atoms with E-state index in [-0.39, 0.29) is 11.7 Å². The first-order valence-electron chi connectivity index (χ1n) is 4.81. The third-order valence-corrected chi connectivity index (χ3v) is 2.23. The minimum atomic E-state index is -0.646. The second kappa shape index (κ2) is 7.67. The number of rotatable bonds is 7. The number of amides is 2. The molecule has 0 aromatic heterocycles. The number of unbranched alkanes of at least 4 members (excludes halogenated alkanes) is 2. The van der Waals surface area contributed by atoms with Crippen LogP contribution in [0, 0.1) is 0 Å². The van der Waals surface area contributed by atoms with E-state index in [0.29, 0.717) is 6.42 Å². The van der Waals surface area contributed by atoms with Crippen LogP contribution in [0.4, 0.5) is 0 Å². The fourth-order valence-corrected chi connectivity index (χ4v) is 1.28. The van der Waals surface area contributed by atoms with Crippen molar-refractivity contribution in [3.05, 3.63) is 0 Å². The van der Waals surface area contributed by atoms with Gasteiger partial charge in [-0.1, -0.05) is 19.8 Å². The van der Waals surface area contributed by atoms with Gasteiger partial charge in [-0.2, -0.15) is 12.6 Å². The first-order valence-corrected chi connectivity index (χ1v) is 5.44. The summed E-state index contributed by atoms with van der Waals surface area (Å²) in [5.41, 5.74) is 5.05. The Labute approximate surface area is 90.0 Å². The van der Waals surface area contributed by atoms with E-state index in [0.717, 1.165) is 19.3 Å². The molecule has 0 aromatic carbocycles. The summed E-state index contributed by atoms with van der Waals surface area (Å²) >= 11 is 3.92. The Morgan fingerprint density at radius 3 is 2.50 bits per heavy atom. The van der Waals surface area contributed by atoms with Crippen molar-refractivity contribution in [3.8, 4) is 0 Å². The molecule has 0 aliphatic heterocycles. The SMILES string of the molecule is CCCCCC(=O)N[C@@H](CS)C(N)=O. The van der Waals surface area contributed by atoms with Gasteiger partial charge in [0.15, 0.2) is 0 Å². The number of primary amides is 1. The van der Waals surface area contributed by atoms with Crippen molar-refractivity contribution in [1.82, 2.24) is 5.32 Å². The fraction of sp³-hybridized carbons (Fsp3) is 0.778. The van der Waals surface area contributed by atoms with Gasteiger partial charge >= 0.3 is 0 Å². The average molecular weight is 218 g/mol. The second-order valence-electron chi connectivity index (χ2n) is 3.16. The molecule has 0 aromatic rings. The monoisotopic (exact) mass is 218 g/mol. The van der Waals surface area contributed by atoms with Crippen LogP contribution in [0.1, 0.15) is 32.6 Å². The van der Waals surface area contributed by atoms with Gasteiger partial charge in [-0.25, -0.2) is 0 Å². The van der Waals surface area contributed by atoms with Gasteiger partial charge in [0.25, 0.3) is 0 Å². The van der Waals surface area contributed by atoms with E-state index >= 15 is 0 Å². The number of carbonyl (C=O) groups is 2. The molecule has 4 nitrogen and oxygen atoms in total. The van der Waals surface area contributed by atoms with Gasteiger partial charge in [0.2, 0.25) is 11.8 Å². The fourth-order valence-electron chi connectivity index (χ4n) is 1.01. The summed E-state index contributed by atoms with van der Waals surface area (Å²) in [7, 11) is 0. The van der Waals surface area contributed by atoms with Gasteiger partial charge in [-0.3, -0.25) is 9.59 Å². The molecule has 3 N–H and O–H groups in total. The number of carbonyl (C=O) groups excluding carboxylic acids is 2. The highest BCUT2D eigenvalue weighted by atomic mass is 32.1. The molecule has 0 radical (unpaired) electrons. The molecule has 0 saturated heterocycles. The minimum Gasteiger partial charge on any atom is -0.368 e. The van der Waals surface area contributed by atoms with Crippen LogP contribution in [0.5, 0.6) is 0 Å². The molecule has 0 aliphatic carbocycles. The summed E-state index contributed by atoms with van der Waals surface area (Å²) < 4.78 is 0. The van der Waals surface area contributed by atoms with E-state index in [1.807, 2.05) is 0 Å². The molecular weight excluding hydrogens is 200 g/mol. The lowest BCUT2D eigenvalue weighted by Gasteiger charge is -2.12. The van der Waals surface area contributed by atoms with E-state index < -0.39 is 11.9 Å². The standard InChI is InChI=1S/C9H18N2O2S/c1-2-3-4-5-8(12)11-7(6-14)9(10)13/h7,14H,2-6H2,1H3,(H2,10,13)(H,11,12)/t7-/m0/s1. The Balaban J connectivity index is 3.74. The van der Waals surface area contributed by atoms with Crippen LogP contribution >= 0.6 is 12.6 Å². The molecule has 0 saturated carbocycles. The van der Waals surface area contributed by atoms with Crippen LogP contribution in [0.25, 0.3) is 0 Å². The molecule has 0 spiro atoms. The normalized spacial score (nSPS) is 12.1. The summed E-state index contributed by atoms with van der Waals surface area (Å²) in [6.07, 6.45) is 3.39. The zero-order valence-corrected chi connectivity index (χ0v) is 9.35. The van der Waals surface area contributed by atoms with Gasteiger partial charge in [0.05, 0.1) is 0 Å². The minimum absolute atomic E-state index is 0.128. The first-order chi connectivity index (χ1) is 6.61. The highest BCUT2D eigenvalue weighted by molar-refractivity contribution is 7.80. The highest BCUT2D eigenvalue weighted by Crippen LogP contribution is 1.99. The van der Waals surface area contributed by atoms with Crippen molar-refractivity contribution in [2.24, 2.45) is 5.73 Å². The molecule has 1 atom stereocenters. The summed E-state index contributed by atoms with van der Waals surface area (Å²) in [6.45, 7) is 2.07. The zero-order valence-electron chi connectivity index (χ0n) is 8.45. The van der Waals surface area contributed by atoms with Crippen molar-refractivity contribution < 1.29 is 9.59 Å². The van der Waals surface area contributed by atoms with Gasteiger partial charge < -0.3 is 11.1 Å². The Morgan fingerprint density at radius 2 is 2.07 bits per heavy atom. The number of thiol groups is 1. The molecule has 2 amide bonds. The van der Waals surface area contributed by atoms with Crippen LogP contribution in [-0.2, 0) is 9.59 Å². The largest absolute Gasteiger partial charge is 0.368 e. The van der Waals surface area contributed by atoms with Crippen molar-refractivity contribution in [3.63, 3.8) is 0 Å². The topological polar surface area (TPSA) is 72.2 Å². The molecule has 0 aliphatic rings. The predicted octanol–water partition coefficient (Wildman–Crippen LogP) is 0.467. The number of nitrogens with two attached hydrogens (primary N) is 1. The number of nitrogens with one attached hydrogen (secondary N) is 1. The Bertz CT molecular complexity index is 197. The third kappa shape index (κ3) is 5.85. The van der Waals surface area contributed by atoms with Crippen LogP contribution in [-0.4, -0.2) is 23.6 Å². The van der Waals surface area contributed by atoms with Crippen LogP contribution < -0.4 is 11.1 Å². The van der Waals surface area contributed by atoms with Crippen molar-refractivity contribution >= 4 is 24.4 Å². The lowest BCUT2D eigenvalue weighted by molar-refractivity contribution is -0.126. The summed E-state index contributed by atoms with van der Waals surface area (Å²) in [5.74, 6) is -0.422. The molecular formula is C9H18N2O2S. The van der Waals surface area contributed by atoms with Gasteiger partial charge in [-0.15, -0.1) is 0 Å². The highest BCUT2D eigenvalue weighted by Gasteiger charge is 2.15. The third-order valence-electron chi connectivity index (χ3n) is 1.87. The predicted molar refractivity (Wildman–Crippen MR) is 59.1 cm³/mol. The molecule has 0 heterocycles. The quantitative estimate of drug-likeness (QED) is 0.429. The summed E-state index contributed by atoms with van der Waals surface area (Å²) in [6, 6.07) is -0.646. The van der Waals surface area contributed by atoms with E-state index in [9.17, 15) is 9.59 Å². The molecule has 82 valence electrons. The van der Waals surface area contributed by atoms with Gasteiger partial charge in [-0.05, 0) is 6.42 Å². The van der Waals surface area contributed by atoms with E-state index in [2.05, 4.69) is 24.9 Å². The van der Waals surface area contributed by atoms with Gasteiger partial charge in [0, 0.05) is 12.2 Å². The second-order valence-corrected chi connectivity index (χ2v) is 3.53. The maximum atomic E-state index is 11.2. The molecule has 0 rings (SSSR count). The zero-order chi connectivity index (χ0) is 11.0. The van der Waals surface area contributed by atoms with E-state index in [4.69, 9.17) is 5.73 Å². The van der Waals surface area contributed by atoms with Gasteiger partial charge in [0.1, 0.15) is 6.04 Å². The van der Waals surface area contributed by atoms with Crippen LogP contribution in [0.3, 0.4) is 0 Å². The molecule has 0 bridgehead atoms.